The molecule has 1 heterocycles. The molecule has 0 saturated heterocycles. The number of nitrogens with zero attached hydrogens (tertiary/aromatic N) is 1. The second kappa shape index (κ2) is 7.33. The van der Waals surface area contributed by atoms with Crippen molar-refractivity contribution >= 4 is 34.2 Å². The second-order valence-electron chi connectivity index (χ2n) is 6.13. The SMILES string of the molecule is CCCC(=Nc1ccc(C(=O)O)cc1)c1c(O)[nH]c2cc(C(N)=O)ccc12. The summed E-state index contributed by atoms with van der Waals surface area (Å²) in [5.41, 5.74) is 8.23. The number of aromatic nitrogens is 1. The van der Waals surface area contributed by atoms with Crippen molar-refractivity contribution in [2.24, 2.45) is 10.7 Å². The van der Waals surface area contributed by atoms with Crippen molar-refractivity contribution in [2.75, 3.05) is 0 Å². The van der Waals surface area contributed by atoms with Gasteiger partial charge < -0.3 is 20.9 Å². The lowest BCUT2D eigenvalue weighted by atomic mass is 10.0. The molecule has 0 unspecified atom stereocenters. The van der Waals surface area contributed by atoms with E-state index in [0.29, 0.717) is 34.5 Å². The molecule has 3 aromatic rings. The Morgan fingerprint density at radius 1 is 1.11 bits per heavy atom. The number of hydrogen-bond acceptors (Lipinski definition) is 4. The van der Waals surface area contributed by atoms with Crippen LogP contribution in [0.5, 0.6) is 5.88 Å². The number of primary amides is 1. The Balaban J connectivity index is 2.10. The van der Waals surface area contributed by atoms with Gasteiger partial charge in [-0.25, -0.2) is 4.79 Å². The number of aliphatic imine (C=N–C) groups is 1. The number of H-pyrrole nitrogens is 1. The number of nitrogens with two attached hydrogens (primary N) is 1. The number of aromatic hydroxyl groups is 1. The third kappa shape index (κ3) is 3.67. The van der Waals surface area contributed by atoms with E-state index in [2.05, 4.69) is 9.98 Å². The van der Waals surface area contributed by atoms with Crippen molar-refractivity contribution < 1.29 is 19.8 Å². The number of nitrogens with one attached hydrogen (secondary N) is 1. The lowest BCUT2D eigenvalue weighted by molar-refractivity contribution is 0.0696. The number of carbonyl (C=O) groups excluding carboxylic acids is 1. The molecule has 0 saturated carbocycles. The zero-order chi connectivity index (χ0) is 19.6. The minimum absolute atomic E-state index is 0.0408. The summed E-state index contributed by atoms with van der Waals surface area (Å²) in [6.45, 7) is 2.00. The Labute approximate surface area is 155 Å². The molecule has 138 valence electrons. The number of carboxylic acid groups (broad SMARTS) is 1. The van der Waals surface area contributed by atoms with Crippen LogP contribution in [0.25, 0.3) is 10.9 Å². The number of carbonyl (C=O) groups is 2. The van der Waals surface area contributed by atoms with Crippen LogP contribution < -0.4 is 5.73 Å². The third-order valence-electron chi connectivity index (χ3n) is 4.22. The molecule has 0 bridgehead atoms. The monoisotopic (exact) mass is 365 g/mol. The van der Waals surface area contributed by atoms with E-state index < -0.39 is 11.9 Å². The number of aromatic amines is 1. The maximum Gasteiger partial charge on any atom is 0.335 e. The first kappa shape index (κ1) is 18.2. The fourth-order valence-corrected chi connectivity index (χ4v) is 2.94. The van der Waals surface area contributed by atoms with Gasteiger partial charge in [0, 0.05) is 16.5 Å². The van der Waals surface area contributed by atoms with Gasteiger partial charge >= 0.3 is 5.97 Å². The molecule has 3 rings (SSSR count). The summed E-state index contributed by atoms with van der Waals surface area (Å²) in [6.07, 6.45) is 1.41. The molecular formula is C20H19N3O4. The lowest BCUT2D eigenvalue weighted by Gasteiger charge is -2.06. The molecule has 2 aromatic carbocycles. The molecule has 7 nitrogen and oxygen atoms in total. The van der Waals surface area contributed by atoms with E-state index in [1.807, 2.05) is 6.92 Å². The van der Waals surface area contributed by atoms with Crippen LogP contribution in [0.4, 0.5) is 5.69 Å². The molecule has 7 heteroatoms. The molecule has 0 aliphatic carbocycles. The summed E-state index contributed by atoms with van der Waals surface area (Å²) >= 11 is 0. The summed E-state index contributed by atoms with van der Waals surface area (Å²) in [4.78, 5) is 29.8. The molecule has 0 radical (unpaired) electrons. The molecule has 1 amide bonds. The smallest absolute Gasteiger partial charge is 0.335 e. The highest BCUT2D eigenvalue weighted by molar-refractivity contribution is 6.14. The van der Waals surface area contributed by atoms with E-state index in [1.165, 1.54) is 12.1 Å². The predicted molar refractivity (Wildman–Crippen MR) is 103 cm³/mol. The van der Waals surface area contributed by atoms with Crippen molar-refractivity contribution in [3.63, 3.8) is 0 Å². The van der Waals surface area contributed by atoms with Crippen LogP contribution in [0.3, 0.4) is 0 Å². The van der Waals surface area contributed by atoms with Crippen LogP contribution in [0.15, 0.2) is 47.5 Å². The maximum absolute atomic E-state index is 11.4. The van der Waals surface area contributed by atoms with Gasteiger partial charge in [0.15, 0.2) is 5.88 Å². The quantitative estimate of drug-likeness (QED) is 0.497. The Morgan fingerprint density at radius 3 is 2.37 bits per heavy atom. The summed E-state index contributed by atoms with van der Waals surface area (Å²) in [5.74, 6) is -1.59. The van der Waals surface area contributed by atoms with E-state index >= 15 is 0 Å². The average molecular weight is 365 g/mol. The zero-order valence-electron chi connectivity index (χ0n) is 14.7. The first-order valence-electron chi connectivity index (χ1n) is 8.46. The maximum atomic E-state index is 11.4. The van der Waals surface area contributed by atoms with Crippen molar-refractivity contribution in [1.82, 2.24) is 4.98 Å². The topological polar surface area (TPSA) is 129 Å². The van der Waals surface area contributed by atoms with Gasteiger partial charge in [-0.3, -0.25) is 9.79 Å². The highest BCUT2D eigenvalue weighted by Crippen LogP contribution is 2.31. The first-order valence-corrected chi connectivity index (χ1v) is 8.46. The summed E-state index contributed by atoms with van der Waals surface area (Å²) < 4.78 is 0. The van der Waals surface area contributed by atoms with E-state index in [0.717, 1.165) is 11.8 Å². The van der Waals surface area contributed by atoms with Crippen LogP contribution in [0.1, 0.15) is 46.0 Å². The van der Waals surface area contributed by atoms with Crippen LogP contribution in [-0.2, 0) is 0 Å². The molecule has 0 aliphatic heterocycles. The predicted octanol–water partition coefficient (Wildman–Crippen LogP) is 3.59. The molecule has 1 aromatic heterocycles. The standard InChI is InChI=1S/C20H19N3O4/c1-2-3-15(22-13-7-4-11(5-8-13)20(26)27)17-14-9-6-12(18(21)24)10-16(14)23-19(17)25/h4-10,23,25H,2-3H2,1H3,(H2,21,24)(H,26,27). The number of aromatic carboxylic acids is 1. The van der Waals surface area contributed by atoms with Crippen molar-refractivity contribution in [3.05, 3.63) is 59.2 Å². The lowest BCUT2D eigenvalue weighted by Crippen LogP contribution is -2.10. The number of hydrogen-bond donors (Lipinski definition) is 4. The van der Waals surface area contributed by atoms with Gasteiger partial charge in [0.1, 0.15) is 0 Å². The molecule has 0 aliphatic rings. The average Bonchev–Trinajstić information content (AvgIpc) is 2.96. The summed E-state index contributed by atoms with van der Waals surface area (Å²) in [7, 11) is 0. The molecular weight excluding hydrogens is 346 g/mol. The van der Waals surface area contributed by atoms with E-state index in [1.54, 1.807) is 30.3 Å². The van der Waals surface area contributed by atoms with Crippen molar-refractivity contribution in [3.8, 4) is 5.88 Å². The number of amides is 1. The fraction of sp³-hybridized carbons (Fsp3) is 0.150. The van der Waals surface area contributed by atoms with E-state index in [-0.39, 0.29) is 11.4 Å². The first-order chi connectivity index (χ1) is 12.9. The van der Waals surface area contributed by atoms with Gasteiger partial charge in [-0.1, -0.05) is 19.4 Å². The van der Waals surface area contributed by atoms with Crippen LogP contribution in [-0.4, -0.2) is 32.8 Å². The van der Waals surface area contributed by atoms with Crippen LogP contribution in [0, 0.1) is 0 Å². The molecule has 27 heavy (non-hydrogen) atoms. The summed E-state index contributed by atoms with van der Waals surface area (Å²) in [6, 6.07) is 11.1. The zero-order valence-corrected chi connectivity index (χ0v) is 14.7. The van der Waals surface area contributed by atoms with Gasteiger partial charge in [-0.05, 0) is 42.8 Å². The fourth-order valence-electron chi connectivity index (χ4n) is 2.94. The highest BCUT2D eigenvalue weighted by Gasteiger charge is 2.17. The third-order valence-corrected chi connectivity index (χ3v) is 4.22. The largest absolute Gasteiger partial charge is 0.494 e. The highest BCUT2D eigenvalue weighted by atomic mass is 16.4. The number of rotatable bonds is 6. The second-order valence-corrected chi connectivity index (χ2v) is 6.13. The normalized spacial score (nSPS) is 11.7. The van der Waals surface area contributed by atoms with Crippen LogP contribution in [0.2, 0.25) is 0 Å². The minimum Gasteiger partial charge on any atom is -0.494 e. The van der Waals surface area contributed by atoms with E-state index in [9.17, 15) is 14.7 Å². The minimum atomic E-state index is -1.00. The Bertz CT molecular complexity index is 1050. The van der Waals surface area contributed by atoms with Gasteiger partial charge in [0.05, 0.1) is 22.5 Å². The van der Waals surface area contributed by atoms with Gasteiger partial charge in [0.25, 0.3) is 0 Å². The molecule has 0 atom stereocenters. The Morgan fingerprint density at radius 2 is 1.78 bits per heavy atom. The number of carboxylic acids is 1. The molecule has 5 N–H and O–H groups in total. The van der Waals surface area contributed by atoms with E-state index in [4.69, 9.17) is 10.8 Å². The van der Waals surface area contributed by atoms with Crippen molar-refractivity contribution in [2.45, 2.75) is 19.8 Å². The molecule has 0 fully saturated rings. The molecule has 0 spiro atoms. The Kier molecular flexibility index (Phi) is 4.94. The summed E-state index contributed by atoms with van der Waals surface area (Å²) in [5, 5.41) is 20.2. The Hall–Kier alpha value is -3.61. The number of fused-ring (bicyclic) bond motifs is 1. The number of benzene rings is 2. The van der Waals surface area contributed by atoms with Gasteiger partial charge in [0.2, 0.25) is 5.91 Å². The van der Waals surface area contributed by atoms with Gasteiger partial charge in [-0.2, -0.15) is 0 Å². The van der Waals surface area contributed by atoms with Gasteiger partial charge in [-0.15, -0.1) is 0 Å². The van der Waals surface area contributed by atoms with Crippen LogP contribution >= 0.6 is 0 Å². The van der Waals surface area contributed by atoms with Crippen molar-refractivity contribution in [1.29, 1.82) is 0 Å².